The summed E-state index contributed by atoms with van der Waals surface area (Å²) in [5.41, 5.74) is 2.80. The van der Waals surface area contributed by atoms with Crippen molar-refractivity contribution in [3.05, 3.63) is 66.2 Å². The number of ketones is 2. The highest BCUT2D eigenvalue weighted by molar-refractivity contribution is 6.00. The topological polar surface area (TPSA) is 60.2 Å². The van der Waals surface area contributed by atoms with Gasteiger partial charge in [0.05, 0.1) is 6.26 Å². The zero-order valence-corrected chi connectivity index (χ0v) is 23.5. The van der Waals surface area contributed by atoms with Crippen LogP contribution < -0.4 is 0 Å². The highest BCUT2D eigenvalue weighted by atomic mass is 16.3. The molecule has 0 spiro atoms. The number of rotatable bonds is 15. The fourth-order valence-corrected chi connectivity index (χ4v) is 5.29. The monoisotopic (exact) mass is 503 g/mol. The molecule has 37 heavy (non-hydrogen) atoms. The Morgan fingerprint density at radius 1 is 0.946 bits per heavy atom. The predicted molar refractivity (Wildman–Crippen MR) is 152 cm³/mol. The van der Waals surface area contributed by atoms with Crippen LogP contribution in [-0.4, -0.2) is 16.6 Å². The minimum absolute atomic E-state index is 0.0187. The van der Waals surface area contributed by atoms with Crippen molar-refractivity contribution in [3.63, 3.8) is 0 Å². The maximum atomic E-state index is 13.6. The molecular formula is C33H45NO3. The molecular weight excluding hydrogens is 458 g/mol. The van der Waals surface area contributed by atoms with Crippen molar-refractivity contribution in [3.8, 4) is 0 Å². The van der Waals surface area contributed by atoms with Crippen molar-refractivity contribution < 1.29 is 14.0 Å². The van der Waals surface area contributed by atoms with E-state index in [1.54, 1.807) is 12.5 Å². The lowest BCUT2D eigenvalue weighted by Crippen LogP contribution is -2.22. The first-order valence-electron chi connectivity index (χ1n) is 14.1. The van der Waals surface area contributed by atoms with Crippen molar-refractivity contribution >= 4 is 22.5 Å². The standard InChI is InChI=1S/C33H45NO3/c1-24(2)20-27(30(35)22-33(3,4)5)13-7-6-12-26(14-8-10-25-11-9-18-34-23-25)32(36)29-15-16-31-28(21-29)17-19-37-31/h9,11,15-19,21,23-24,26-27H,6-8,10,12-14,20,22H2,1-5H3. The molecule has 2 heterocycles. The van der Waals surface area contributed by atoms with Gasteiger partial charge in [0.2, 0.25) is 0 Å². The maximum absolute atomic E-state index is 13.6. The summed E-state index contributed by atoms with van der Waals surface area (Å²) in [5, 5.41) is 0.967. The van der Waals surface area contributed by atoms with Crippen molar-refractivity contribution in [1.29, 1.82) is 0 Å². The first-order chi connectivity index (χ1) is 17.6. The third kappa shape index (κ3) is 9.57. The summed E-state index contributed by atoms with van der Waals surface area (Å²) in [6.45, 7) is 10.8. The molecule has 0 aliphatic carbocycles. The zero-order chi connectivity index (χ0) is 26.8. The van der Waals surface area contributed by atoms with Crippen LogP contribution >= 0.6 is 0 Å². The number of Topliss-reactive ketones (excluding diaryl/α,β-unsaturated/α-hetero) is 2. The van der Waals surface area contributed by atoms with E-state index in [2.05, 4.69) is 45.7 Å². The molecule has 0 aliphatic heterocycles. The predicted octanol–water partition coefficient (Wildman–Crippen LogP) is 8.88. The second-order valence-corrected chi connectivity index (χ2v) is 12.3. The summed E-state index contributed by atoms with van der Waals surface area (Å²) in [4.78, 5) is 30.8. The maximum Gasteiger partial charge on any atom is 0.165 e. The first kappa shape index (κ1) is 28.8. The van der Waals surface area contributed by atoms with Crippen LogP contribution in [0, 0.1) is 23.2 Å². The Morgan fingerprint density at radius 3 is 2.35 bits per heavy atom. The molecule has 0 N–H and O–H groups in total. The van der Waals surface area contributed by atoms with Crippen LogP contribution in [0.15, 0.2) is 59.5 Å². The lowest BCUT2D eigenvalue weighted by Gasteiger charge is -2.23. The van der Waals surface area contributed by atoms with E-state index in [9.17, 15) is 9.59 Å². The van der Waals surface area contributed by atoms with Crippen LogP contribution in [0.4, 0.5) is 0 Å². The van der Waals surface area contributed by atoms with Crippen LogP contribution in [-0.2, 0) is 11.2 Å². The average molecular weight is 504 g/mol. The molecule has 0 saturated carbocycles. The zero-order valence-electron chi connectivity index (χ0n) is 23.5. The molecule has 0 bridgehead atoms. The van der Waals surface area contributed by atoms with Gasteiger partial charge in [-0.3, -0.25) is 14.6 Å². The Bertz CT molecular complexity index is 1120. The van der Waals surface area contributed by atoms with Crippen molar-refractivity contribution in [1.82, 2.24) is 4.98 Å². The van der Waals surface area contributed by atoms with Gasteiger partial charge in [0, 0.05) is 41.6 Å². The van der Waals surface area contributed by atoms with E-state index in [1.807, 2.05) is 36.5 Å². The summed E-state index contributed by atoms with van der Waals surface area (Å²) >= 11 is 0. The number of aromatic nitrogens is 1. The number of benzene rings is 1. The van der Waals surface area contributed by atoms with E-state index >= 15 is 0 Å². The van der Waals surface area contributed by atoms with Crippen LogP contribution in [0.3, 0.4) is 0 Å². The lowest BCUT2D eigenvalue weighted by atomic mass is 9.80. The quantitative estimate of drug-likeness (QED) is 0.153. The Labute approximate surface area is 223 Å². The Morgan fingerprint density at radius 2 is 1.68 bits per heavy atom. The van der Waals surface area contributed by atoms with Crippen LogP contribution in [0.1, 0.15) is 102 Å². The molecule has 200 valence electrons. The fraction of sp³-hybridized carbons (Fsp3) is 0.545. The summed E-state index contributed by atoms with van der Waals surface area (Å²) in [6.07, 6.45) is 13.4. The van der Waals surface area contributed by atoms with Gasteiger partial charge in [-0.1, -0.05) is 53.5 Å². The summed E-state index contributed by atoms with van der Waals surface area (Å²) in [6, 6.07) is 11.7. The summed E-state index contributed by atoms with van der Waals surface area (Å²) in [5.74, 6) is 1.24. The van der Waals surface area contributed by atoms with Gasteiger partial charge in [0.1, 0.15) is 11.4 Å². The summed E-state index contributed by atoms with van der Waals surface area (Å²) < 4.78 is 5.46. The molecule has 0 aliphatic rings. The van der Waals surface area contributed by atoms with Gasteiger partial charge in [0.15, 0.2) is 5.78 Å². The Kier molecular flexibility index (Phi) is 10.7. The highest BCUT2D eigenvalue weighted by Crippen LogP contribution is 2.29. The Balaban J connectivity index is 1.62. The molecule has 2 aromatic heterocycles. The molecule has 4 heteroatoms. The number of carbonyl (C=O) groups excluding carboxylic acids is 2. The SMILES string of the molecule is CC(C)CC(CCCCC(CCCc1cccnc1)C(=O)c1ccc2occc2c1)C(=O)CC(C)(C)C. The third-order valence-electron chi connectivity index (χ3n) is 7.12. The largest absolute Gasteiger partial charge is 0.464 e. The molecule has 0 saturated heterocycles. The molecule has 1 aromatic carbocycles. The molecule has 4 nitrogen and oxygen atoms in total. The average Bonchev–Trinajstić information content (AvgIpc) is 3.31. The Hall–Kier alpha value is -2.75. The van der Waals surface area contributed by atoms with Crippen molar-refractivity contribution in [2.24, 2.45) is 23.2 Å². The molecule has 0 radical (unpaired) electrons. The van der Waals surface area contributed by atoms with Crippen molar-refractivity contribution in [2.45, 2.75) is 92.4 Å². The van der Waals surface area contributed by atoms with Gasteiger partial charge < -0.3 is 4.42 Å². The number of pyridine rings is 1. The molecule has 2 atom stereocenters. The smallest absolute Gasteiger partial charge is 0.165 e. The third-order valence-corrected chi connectivity index (χ3v) is 7.12. The number of hydrogen-bond donors (Lipinski definition) is 0. The van der Waals surface area contributed by atoms with E-state index in [0.29, 0.717) is 18.1 Å². The second kappa shape index (κ2) is 13.7. The van der Waals surface area contributed by atoms with E-state index in [-0.39, 0.29) is 23.0 Å². The second-order valence-electron chi connectivity index (χ2n) is 12.3. The van der Waals surface area contributed by atoms with Gasteiger partial charge >= 0.3 is 0 Å². The number of nitrogens with zero attached hydrogens (tertiary/aromatic N) is 1. The van der Waals surface area contributed by atoms with E-state index in [0.717, 1.165) is 67.9 Å². The lowest BCUT2D eigenvalue weighted by molar-refractivity contribution is -0.125. The van der Waals surface area contributed by atoms with Gasteiger partial charge in [0.25, 0.3) is 0 Å². The van der Waals surface area contributed by atoms with Crippen LogP contribution in [0.25, 0.3) is 11.0 Å². The van der Waals surface area contributed by atoms with Crippen LogP contribution in [0.2, 0.25) is 0 Å². The van der Waals surface area contributed by atoms with Gasteiger partial charge in [-0.2, -0.15) is 0 Å². The number of furan rings is 1. The minimum atomic E-state index is -0.0187. The van der Waals surface area contributed by atoms with E-state index in [4.69, 9.17) is 4.42 Å². The van der Waals surface area contributed by atoms with Crippen molar-refractivity contribution in [2.75, 3.05) is 0 Å². The molecule has 3 aromatic rings. The van der Waals surface area contributed by atoms with Gasteiger partial charge in [-0.25, -0.2) is 0 Å². The number of unbranched alkanes of at least 4 members (excludes halogenated alkanes) is 1. The molecule has 2 unspecified atom stereocenters. The molecule has 3 rings (SSSR count). The number of carbonyl (C=O) groups is 2. The fourth-order valence-electron chi connectivity index (χ4n) is 5.29. The first-order valence-corrected chi connectivity index (χ1v) is 14.1. The van der Waals surface area contributed by atoms with Gasteiger partial charge in [-0.05, 0) is 85.8 Å². The van der Waals surface area contributed by atoms with E-state index < -0.39 is 0 Å². The number of aryl methyl sites for hydroxylation is 1. The molecule has 0 amide bonds. The van der Waals surface area contributed by atoms with E-state index in [1.165, 1.54) is 5.56 Å². The minimum Gasteiger partial charge on any atom is -0.464 e. The number of fused-ring (bicyclic) bond motifs is 1. The highest BCUT2D eigenvalue weighted by Gasteiger charge is 2.25. The van der Waals surface area contributed by atoms with Gasteiger partial charge in [-0.15, -0.1) is 0 Å². The number of hydrogen-bond acceptors (Lipinski definition) is 4. The summed E-state index contributed by atoms with van der Waals surface area (Å²) in [7, 11) is 0. The normalized spacial score (nSPS) is 13.7. The van der Waals surface area contributed by atoms with Crippen LogP contribution in [0.5, 0.6) is 0 Å². The molecule has 0 fully saturated rings.